The average molecular weight is 742 g/mol. The zero-order valence-corrected chi connectivity index (χ0v) is 34.8. The van der Waals surface area contributed by atoms with E-state index in [1.54, 1.807) is 0 Å². The first-order valence-corrected chi connectivity index (χ1v) is 18.1. The number of hydrogen-bond donors (Lipinski definition) is 0. The molecule has 0 bridgehead atoms. The normalized spacial score (nSPS) is 9.47. The van der Waals surface area contributed by atoms with Gasteiger partial charge in [0.15, 0.2) is 0 Å². The Morgan fingerprint density at radius 2 is 0.686 bits per heavy atom. The molecular weight excluding hydrogens is 687 g/mol. The van der Waals surface area contributed by atoms with Crippen LogP contribution >= 0.6 is 34.8 Å². The predicted octanol–water partition coefficient (Wildman–Crippen LogP) is 14.6. The van der Waals surface area contributed by atoms with Crippen LogP contribution < -0.4 is 0 Å². The Balaban J connectivity index is 0.000000306. The molecule has 0 N–H and O–H groups in total. The van der Waals surface area contributed by atoms with E-state index in [9.17, 15) is 0 Å². The van der Waals surface area contributed by atoms with E-state index in [0.29, 0.717) is 0 Å². The number of nitrogens with zero attached hydrogens (tertiary/aromatic N) is 2. The Morgan fingerprint density at radius 3 is 0.980 bits per heavy atom. The zero-order chi connectivity index (χ0) is 38.5. The number of aromatic nitrogens is 2. The molecule has 6 rings (SSSR count). The Kier molecular flexibility index (Phi) is 21.5. The maximum Gasteiger partial charge on any atom is 0.125 e. The van der Waals surface area contributed by atoms with Crippen LogP contribution in [0, 0.1) is 83.1 Å². The largest absolute Gasteiger partial charge is 0.239 e. The fourth-order valence-electron chi connectivity index (χ4n) is 4.40. The van der Waals surface area contributed by atoms with E-state index in [1.165, 1.54) is 38.9 Å². The second kappa shape index (κ2) is 24.3. The molecule has 0 radical (unpaired) electrons. The van der Waals surface area contributed by atoms with Crippen molar-refractivity contribution >= 4 is 34.8 Å². The lowest BCUT2D eigenvalue weighted by molar-refractivity contribution is 0.976. The standard InChI is InChI=1S/C9H12.2C8H10.C7H6Cl2.C7H7Cl.C7H10N2/c1-7-5-4-6-8(2)9(7)3;1-7-4-3-5-8(2)6-7;1-7-5-3-4-6-8(7)2;1-5-6(8)3-2-4-7(5)9;1-6-4-2-3-5-7(6)8;1-5-4-6(2)9-7(3)8-5/h4-6H,1-3H3;2*3-6H,1-2H3;2-4H,1H3;2-5H,1H3;4H,1-3H3. The molecular formula is C46H55Cl3N2. The molecule has 5 heteroatoms. The van der Waals surface area contributed by atoms with Gasteiger partial charge in [-0.25, -0.2) is 9.97 Å². The highest BCUT2D eigenvalue weighted by atomic mass is 35.5. The summed E-state index contributed by atoms with van der Waals surface area (Å²) in [6.07, 6.45) is 0. The van der Waals surface area contributed by atoms with Gasteiger partial charge in [-0.2, -0.15) is 0 Å². The number of benzene rings is 5. The van der Waals surface area contributed by atoms with Crippen LogP contribution in [0.4, 0.5) is 0 Å². The lowest BCUT2D eigenvalue weighted by Crippen LogP contribution is -1.91. The van der Waals surface area contributed by atoms with Gasteiger partial charge < -0.3 is 0 Å². The highest BCUT2D eigenvalue weighted by Crippen LogP contribution is 2.22. The quantitative estimate of drug-likeness (QED) is 0.155. The zero-order valence-electron chi connectivity index (χ0n) is 32.5. The molecule has 0 aliphatic heterocycles. The average Bonchev–Trinajstić information content (AvgIpc) is 3.06. The minimum absolute atomic E-state index is 0.725. The van der Waals surface area contributed by atoms with E-state index in [0.717, 1.165) is 43.4 Å². The van der Waals surface area contributed by atoms with Gasteiger partial charge in [-0.15, -0.1) is 0 Å². The Morgan fingerprint density at radius 1 is 0.333 bits per heavy atom. The van der Waals surface area contributed by atoms with Crippen LogP contribution in [0.25, 0.3) is 0 Å². The van der Waals surface area contributed by atoms with E-state index in [-0.39, 0.29) is 0 Å². The van der Waals surface area contributed by atoms with Gasteiger partial charge in [0.1, 0.15) is 5.82 Å². The van der Waals surface area contributed by atoms with Gasteiger partial charge in [0.25, 0.3) is 0 Å². The monoisotopic (exact) mass is 740 g/mol. The second-order valence-electron chi connectivity index (χ2n) is 12.6. The molecule has 5 aromatic carbocycles. The van der Waals surface area contributed by atoms with Gasteiger partial charge in [0.05, 0.1) is 0 Å². The minimum atomic E-state index is 0.725. The molecule has 6 aromatic rings. The Bertz CT molecular complexity index is 1670. The SMILES string of the molecule is Cc1c(Cl)cccc1Cl.Cc1cc(C)nc(C)n1.Cc1cccc(C)c1.Cc1cccc(C)c1C.Cc1ccccc1C.Cc1ccccc1Cl. The van der Waals surface area contributed by atoms with Gasteiger partial charge in [0, 0.05) is 26.5 Å². The topological polar surface area (TPSA) is 25.8 Å². The van der Waals surface area contributed by atoms with Crippen molar-refractivity contribution in [3.8, 4) is 0 Å². The summed E-state index contributed by atoms with van der Waals surface area (Å²) in [5.41, 5.74) is 13.8. The maximum absolute atomic E-state index is 5.73. The first-order valence-electron chi connectivity index (χ1n) is 17.0. The van der Waals surface area contributed by atoms with E-state index in [2.05, 4.69) is 125 Å². The van der Waals surface area contributed by atoms with Crippen molar-refractivity contribution in [1.29, 1.82) is 0 Å². The van der Waals surface area contributed by atoms with Crippen LogP contribution in [0.3, 0.4) is 0 Å². The van der Waals surface area contributed by atoms with Gasteiger partial charge in [-0.05, 0) is 146 Å². The van der Waals surface area contributed by atoms with Crippen LogP contribution in [0.5, 0.6) is 0 Å². The summed E-state index contributed by atoms with van der Waals surface area (Å²) in [4.78, 5) is 8.25. The van der Waals surface area contributed by atoms with Crippen LogP contribution in [0.1, 0.15) is 67.3 Å². The van der Waals surface area contributed by atoms with E-state index in [1.807, 2.05) is 83.1 Å². The Hall–Kier alpha value is -3.95. The van der Waals surface area contributed by atoms with Crippen LogP contribution in [-0.4, -0.2) is 9.97 Å². The van der Waals surface area contributed by atoms with E-state index in [4.69, 9.17) is 34.8 Å². The number of hydrogen-bond acceptors (Lipinski definition) is 2. The molecule has 1 aromatic heterocycles. The molecule has 51 heavy (non-hydrogen) atoms. The van der Waals surface area contributed by atoms with Crippen molar-refractivity contribution in [3.63, 3.8) is 0 Å². The number of aryl methyl sites for hydroxylation is 10. The molecule has 270 valence electrons. The summed E-state index contributed by atoms with van der Waals surface area (Å²) >= 11 is 17.2. The Labute approximate surface area is 323 Å². The summed E-state index contributed by atoms with van der Waals surface area (Å²) in [6.45, 7) is 24.6. The number of rotatable bonds is 0. The lowest BCUT2D eigenvalue weighted by Gasteiger charge is -2.00. The molecule has 0 saturated heterocycles. The molecule has 0 saturated carbocycles. The van der Waals surface area contributed by atoms with Crippen molar-refractivity contribution < 1.29 is 0 Å². The lowest BCUT2D eigenvalue weighted by atomic mass is 10.1. The van der Waals surface area contributed by atoms with Gasteiger partial charge in [0.2, 0.25) is 0 Å². The fraction of sp³-hybridized carbons (Fsp3) is 0.261. The van der Waals surface area contributed by atoms with Crippen LogP contribution in [0.2, 0.25) is 15.1 Å². The minimum Gasteiger partial charge on any atom is -0.239 e. The van der Waals surface area contributed by atoms with E-state index < -0.39 is 0 Å². The molecule has 2 nitrogen and oxygen atoms in total. The predicted molar refractivity (Wildman–Crippen MR) is 226 cm³/mol. The van der Waals surface area contributed by atoms with Crippen LogP contribution in [-0.2, 0) is 0 Å². The third kappa shape index (κ3) is 19.3. The third-order valence-electron chi connectivity index (χ3n) is 7.85. The second-order valence-corrected chi connectivity index (χ2v) is 13.8. The van der Waals surface area contributed by atoms with Crippen molar-refractivity contribution in [2.24, 2.45) is 0 Å². The summed E-state index contributed by atoms with van der Waals surface area (Å²) in [5.74, 6) is 0.854. The fourth-order valence-corrected chi connectivity index (χ4v) is 4.94. The van der Waals surface area contributed by atoms with Crippen molar-refractivity contribution in [1.82, 2.24) is 9.97 Å². The molecule has 0 atom stereocenters. The molecule has 0 amide bonds. The van der Waals surface area contributed by atoms with Crippen LogP contribution in [0.15, 0.2) is 115 Å². The number of halogens is 3. The highest BCUT2D eigenvalue weighted by Gasteiger charge is 1.96. The van der Waals surface area contributed by atoms with Crippen molar-refractivity contribution in [2.75, 3.05) is 0 Å². The maximum atomic E-state index is 5.73. The smallest absolute Gasteiger partial charge is 0.125 e. The van der Waals surface area contributed by atoms with E-state index >= 15 is 0 Å². The van der Waals surface area contributed by atoms with Crippen molar-refractivity contribution in [2.45, 2.75) is 83.1 Å². The summed E-state index contributed by atoms with van der Waals surface area (Å²) < 4.78 is 0. The molecule has 0 aliphatic rings. The van der Waals surface area contributed by atoms with Gasteiger partial charge in [-0.1, -0.05) is 137 Å². The molecule has 0 fully saturated rings. The van der Waals surface area contributed by atoms with Gasteiger partial charge in [-0.3, -0.25) is 0 Å². The summed E-state index contributed by atoms with van der Waals surface area (Å²) in [7, 11) is 0. The highest BCUT2D eigenvalue weighted by molar-refractivity contribution is 6.35. The third-order valence-corrected chi connectivity index (χ3v) is 9.09. The first kappa shape index (κ1) is 45.1. The first-order chi connectivity index (χ1) is 24.0. The molecule has 0 unspecified atom stereocenters. The summed E-state index contributed by atoms with van der Waals surface area (Å²) in [5, 5.41) is 2.29. The molecule has 0 spiro atoms. The molecule has 0 aliphatic carbocycles. The van der Waals surface area contributed by atoms with Crippen molar-refractivity contribution in [3.05, 3.63) is 198 Å². The molecule has 1 heterocycles. The summed E-state index contributed by atoms with van der Waals surface area (Å²) in [6, 6.07) is 38.4. The van der Waals surface area contributed by atoms with Gasteiger partial charge >= 0.3 is 0 Å².